The summed E-state index contributed by atoms with van der Waals surface area (Å²) in [5.74, 6) is -2.94. The molecule has 0 saturated heterocycles. The molecule has 2 aromatic carbocycles. The lowest BCUT2D eigenvalue weighted by atomic mass is 10.2. The Morgan fingerprint density at radius 3 is 2.21 bits per heavy atom. The molecule has 0 radical (unpaired) electrons. The van der Waals surface area contributed by atoms with E-state index in [-0.39, 0.29) is 5.56 Å². The van der Waals surface area contributed by atoms with Gasteiger partial charge in [-0.15, -0.1) is 0 Å². The third kappa shape index (κ3) is 3.01. The van der Waals surface area contributed by atoms with E-state index in [0.717, 1.165) is 6.07 Å². The smallest absolute Gasteiger partial charge is 0.258 e. The van der Waals surface area contributed by atoms with E-state index in [2.05, 4.69) is 37.2 Å². The summed E-state index contributed by atoms with van der Waals surface area (Å²) in [5, 5.41) is 2.52. The molecule has 0 aliphatic rings. The fourth-order valence-corrected chi connectivity index (χ4v) is 2.67. The van der Waals surface area contributed by atoms with Crippen LogP contribution < -0.4 is 5.32 Å². The van der Waals surface area contributed by atoms with Gasteiger partial charge >= 0.3 is 0 Å². The number of para-hydroxylation sites is 1. The molecule has 0 aliphatic carbocycles. The van der Waals surface area contributed by atoms with Crippen LogP contribution in [0.25, 0.3) is 0 Å². The zero-order valence-electron chi connectivity index (χ0n) is 9.38. The van der Waals surface area contributed by atoms with Gasteiger partial charge in [0.05, 0.1) is 11.3 Å². The van der Waals surface area contributed by atoms with Gasteiger partial charge in [-0.1, -0.05) is 12.1 Å². The predicted molar refractivity (Wildman–Crippen MR) is 76.2 cm³/mol. The molecule has 0 spiro atoms. The maximum absolute atomic E-state index is 13.5. The number of benzene rings is 2. The van der Waals surface area contributed by atoms with Crippen molar-refractivity contribution in [3.05, 3.63) is 62.5 Å². The summed E-state index contributed by atoms with van der Waals surface area (Å²) in [6, 6.07) is 8.68. The Hall–Kier alpha value is -1.27. The minimum atomic E-state index is -1.16. The van der Waals surface area contributed by atoms with Crippen LogP contribution in [0.4, 0.5) is 14.5 Å². The first kappa shape index (κ1) is 14.1. The standard InChI is InChI=1S/C13H7Br2F2NO/c14-8-4-2-5-9(15)12(8)18-13(19)7-3-1-6-10(16)11(7)17/h1-6H,(H,18,19). The molecule has 98 valence electrons. The number of carbonyl (C=O) groups excluding carboxylic acids is 1. The highest BCUT2D eigenvalue weighted by Gasteiger charge is 2.17. The quantitative estimate of drug-likeness (QED) is 0.788. The second kappa shape index (κ2) is 5.79. The molecule has 0 saturated carbocycles. The largest absolute Gasteiger partial charge is 0.320 e. The van der Waals surface area contributed by atoms with E-state index in [1.54, 1.807) is 18.2 Å². The van der Waals surface area contributed by atoms with Crippen molar-refractivity contribution < 1.29 is 13.6 Å². The number of carbonyl (C=O) groups is 1. The minimum absolute atomic E-state index is 0.345. The lowest BCUT2D eigenvalue weighted by molar-refractivity contribution is 0.102. The fraction of sp³-hybridized carbons (Fsp3) is 0. The van der Waals surface area contributed by atoms with Gasteiger partial charge in [-0.2, -0.15) is 0 Å². The maximum Gasteiger partial charge on any atom is 0.258 e. The number of amides is 1. The summed E-state index contributed by atoms with van der Waals surface area (Å²) in [5.41, 5.74) is 0.110. The Bertz CT molecular complexity index is 626. The molecule has 1 amide bonds. The third-order valence-electron chi connectivity index (χ3n) is 2.40. The summed E-state index contributed by atoms with van der Waals surface area (Å²) in [6.07, 6.45) is 0. The molecule has 1 N–H and O–H groups in total. The van der Waals surface area contributed by atoms with Crippen molar-refractivity contribution in [2.45, 2.75) is 0 Å². The van der Waals surface area contributed by atoms with E-state index in [4.69, 9.17) is 0 Å². The zero-order valence-corrected chi connectivity index (χ0v) is 12.6. The lowest BCUT2D eigenvalue weighted by Crippen LogP contribution is -2.15. The highest BCUT2D eigenvalue weighted by Crippen LogP contribution is 2.31. The van der Waals surface area contributed by atoms with Crippen molar-refractivity contribution in [2.24, 2.45) is 0 Å². The SMILES string of the molecule is O=C(Nc1c(Br)cccc1Br)c1cccc(F)c1F. The number of rotatable bonds is 2. The highest BCUT2D eigenvalue weighted by atomic mass is 79.9. The van der Waals surface area contributed by atoms with Crippen LogP contribution in [-0.4, -0.2) is 5.91 Å². The van der Waals surface area contributed by atoms with Crippen LogP contribution in [0, 0.1) is 11.6 Å². The van der Waals surface area contributed by atoms with Crippen LogP contribution in [0.5, 0.6) is 0 Å². The molecule has 6 heteroatoms. The molecule has 0 aromatic heterocycles. The molecular weight excluding hydrogens is 384 g/mol. The summed E-state index contributed by atoms with van der Waals surface area (Å²) in [6.45, 7) is 0. The number of hydrogen-bond donors (Lipinski definition) is 1. The monoisotopic (exact) mass is 389 g/mol. The Labute approximate surface area is 125 Å². The van der Waals surface area contributed by atoms with Crippen molar-refractivity contribution in [1.29, 1.82) is 0 Å². The van der Waals surface area contributed by atoms with E-state index in [1.165, 1.54) is 12.1 Å². The second-order valence-corrected chi connectivity index (χ2v) is 5.36. The Kier molecular flexibility index (Phi) is 4.31. The first-order valence-electron chi connectivity index (χ1n) is 5.20. The number of nitrogens with one attached hydrogen (secondary N) is 1. The van der Waals surface area contributed by atoms with Gasteiger partial charge < -0.3 is 5.32 Å². The van der Waals surface area contributed by atoms with Gasteiger partial charge in [0.2, 0.25) is 0 Å². The van der Waals surface area contributed by atoms with Crippen LogP contribution in [0.2, 0.25) is 0 Å². The molecule has 0 heterocycles. The van der Waals surface area contributed by atoms with E-state index in [1.807, 2.05) is 0 Å². The molecule has 2 rings (SSSR count). The van der Waals surface area contributed by atoms with Crippen molar-refractivity contribution in [3.63, 3.8) is 0 Å². The molecule has 0 atom stereocenters. The molecular formula is C13H7Br2F2NO. The van der Waals surface area contributed by atoms with E-state index in [0.29, 0.717) is 14.6 Å². The van der Waals surface area contributed by atoms with Gasteiger partial charge in [0, 0.05) is 8.95 Å². The van der Waals surface area contributed by atoms with Gasteiger partial charge in [0.1, 0.15) is 0 Å². The van der Waals surface area contributed by atoms with Crippen LogP contribution in [0.1, 0.15) is 10.4 Å². The fourth-order valence-electron chi connectivity index (χ4n) is 1.48. The first-order valence-corrected chi connectivity index (χ1v) is 6.78. The van der Waals surface area contributed by atoms with E-state index < -0.39 is 17.5 Å². The van der Waals surface area contributed by atoms with Crippen molar-refractivity contribution in [1.82, 2.24) is 0 Å². The summed E-state index contributed by atoms with van der Waals surface area (Å²) >= 11 is 6.54. The Balaban J connectivity index is 2.34. The first-order chi connectivity index (χ1) is 9.00. The normalized spacial score (nSPS) is 10.3. The summed E-state index contributed by atoms with van der Waals surface area (Å²) in [4.78, 5) is 11.9. The van der Waals surface area contributed by atoms with E-state index in [9.17, 15) is 13.6 Å². The summed E-state index contributed by atoms with van der Waals surface area (Å²) < 4.78 is 27.8. The number of hydrogen-bond acceptors (Lipinski definition) is 1. The van der Waals surface area contributed by atoms with Gasteiger partial charge in [0.15, 0.2) is 11.6 Å². The van der Waals surface area contributed by atoms with Gasteiger partial charge in [-0.3, -0.25) is 4.79 Å². The molecule has 0 unspecified atom stereocenters. The van der Waals surface area contributed by atoms with Crippen molar-refractivity contribution >= 4 is 43.5 Å². The highest BCUT2D eigenvalue weighted by molar-refractivity contribution is 9.11. The molecule has 2 aromatic rings. The Morgan fingerprint density at radius 2 is 1.58 bits per heavy atom. The summed E-state index contributed by atoms with van der Waals surface area (Å²) in [7, 11) is 0. The predicted octanol–water partition coefficient (Wildman–Crippen LogP) is 4.74. The topological polar surface area (TPSA) is 29.1 Å². The molecule has 0 fully saturated rings. The van der Waals surface area contributed by atoms with Crippen LogP contribution in [0.15, 0.2) is 45.3 Å². The third-order valence-corrected chi connectivity index (χ3v) is 3.72. The van der Waals surface area contributed by atoms with Crippen LogP contribution in [0.3, 0.4) is 0 Å². The molecule has 2 nitrogen and oxygen atoms in total. The minimum Gasteiger partial charge on any atom is -0.320 e. The van der Waals surface area contributed by atoms with Crippen molar-refractivity contribution in [2.75, 3.05) is 5.32 Å². The average molecular weight is 391 g/mol. The average Bonchev–Trinajstić information content (AvgIpc) is 2.37. The van der Waals surface area contributed by atoms with Gasteiger partial charge in [-0.05, 0) is 56.1 Å². The van der Waals surface area contributed by atoms with Crippen LogP contribution >= 0.6 is 31.9 Å². The van der Waals surface area contributed by atoms with Crippen LogP contribution in [-0.2, 0) is 0 Å². The molecule has 0 bridgehead atoms. The van der Waals surface area contributed by atoms with Gasteiger partial charge in [0.25, 0.3) is 5.91 Å². The lowest BCUT2D eigenvalue weighted by Gasteiger charge is -2.10. The number of anilines is 1. The molecule has 0 aliphatic heterocycles. The van der Waals surface area contributed by atoms with Crippen molar-refractivity contribution in [3.8, 4) is 0 Å². The number of halogens is 4. The molecule has 19 heavy (non-hydrogen) atoms. The maximum atomic E-state index is 13.5. The zero-order chi connectivity index (χ0) is 14.0. The second-order valence-electron chi connectivity index (χ2n) is 3.65. The van der Waals surface area contributed by atoms with Gasteiger partial charge in [-0.25, -0.2) is 8.78 Å². The van der Waals surface area contributed by atoms with E-state index >= 15 is 0 Å². The Morgan fingerprint density at radius 1 is 1.00 bits per heavy atom.